The van der Waals surface area contributed by atoms with E-state index >= 15 is 0 Å². The van der Waals surface area contributed by atoms with Crippen LogP contribution in [0.1, 0.15) is 23.4 Å². The monoisotopic (exact) mass is 554 g/mol. The maximum Gasteiger partial charge on any atom is 0.269 e. The Morgan fingerprint density at radius 2 is 1.85 bits per heavy atom. The number of fused-ring (bicyclic) bond motifs is 2. The predicted molar refractivity (Wildman–Crippen MR) is 148 cm³/mol. The molecule has 0 amide bonds. The molecule has 11 heteroatoms. The molecule has 0 fully saturated rings. The Balaban J connectivity index is 1.29. The largest absolute Gasteiger partial charge is 0.377 e. The van der Waals surface area contributed by atoms with Gasteiger partial charge >= 0.3 is 0 Å². The predicted octanol–water partition coefficient (Wildman–Crippen LogP) is 4.60. The highest BCUT2D eigenvalue weighted by atomic mass is 32.2. The second-order valence-electron chi connectivity index (χ2n) is 9.56. The van der Waals surface area contributed by atoms with E-state index in [1.54, 1.807) is 30.5 Å². The molecule has 194 valence electrons. The molecule has 0 radical (unpaired) electrons. The molecule has 0 saturated heterocycles. The third-order valence-electron chi connectivity index (χ3n) is 7.13. The third-order valence-corrected chi connectivity index (χ3v) is 9.69. The van der Waals surface area contributed by atoms with E-state index in [1.165, 1.54) is 33.9 Å². The molecule has 1 aliphatic heterocycles. The molecule has 6 aromatic rings. The van der Waals surface area contributed by atoms with Crippen LogP contribution in [0.15, 0.2) is 89.8 Å². The lowest BCUT2D eigenvalue weighted by molar-refractivity contribution is 0.0786. The van der Waals surface area contributed by atoms with Crippen LogP contribution >= 0.6 is 11.3 Å². The van der Waals surface area contributed by atoms with Crippen LogP contribution in [0.5, 0.6) is 0 Å². The molecule has 1 unspecified atom stereocenters. The number of nitrogens with zero attached hydrogens (tertiary/aromatic N) is 6. The molecule has 5 heterocycles. The van der Waals surface area contributed by atoms with Crippen molar-refractivity contribution in [2.24, 2.45) is 0 Å². The van der Waals surface area contributed by atoms with Crippen molar-refractivity contribution >= 4 is 32.5 Å². The molecule has 7 rings (SSSR count). The van der Waals surface area contributed by atoms with Crippen LogP contribution in [-0.4, -0.2) is 42.0 Å². The molecule has 9 nitrogen and oxygen atoms in total. The lowest BCUT2D eigenvalue weighted by atomic mass is 9.90. The summed E-state index contributed by atoms with van der Waals surface area (Å²) < 4.78 is 30.2. The molecular weight excluding hydrogens is 532 g/mol. The van der Waals surface area contributed by atoms with E-state index < -0.39 is 15.6 Å². The van der Waals surface area contributed by atoms with Gasteiger partial charge in [-0.1, -0.05) is 35.9 Å². The first-order valence-electron chi connectivity index (χ1n) is 12.3. The normalized spacial score (nSPS) is 17.1. The Morgan fingerprint density at radius 1 is 1.03 bits per heavy atom. The molecule has 1 N–H and O–H groups in total. The summed E-state index contributed by atoms with van der Waals surface area (Å²) in [5, 5.41) is 14.1. The van der Waals surface area contributed by atoms with Crippen LogP contribution in [0, 0.1) is 6.92 Å². The number of aromatic nitrogens is 6. The highest BCUT2D eigenvalue weighted by Gasteiger charge is 2.40. The van der Waals surface area contributed by atoms with Crippen LogP contribution in [0.4, 0.5) is 0 Å². The van der Waals surface area contributed by atoms with Crippen molar-refractivity contribution in [2.45, 2.75) is 30.4 Å². The highest BCUT2D eigenvalue weighted by Crippen LogP contribution is 2.40. The summed E-state index contributed by atoms with van der Waals surface area (Å²) in [4.78, 5) is 18.2. The second kappa shape index (κ2) is 8.67. The molecule has 1 atom stereocenters. The molecule has 2 aromatic carbocycles. The minimum absolute atomic E-state index is 0.170. The Hall–Kier alpha value is -4.19. The average Bonchev–Trinajstić information content (AvgIpc) is 3.74. The van der Waals surface area contributed by atoms with E-state index in [4.69, 9.17) is 4.98 Å². The van der Waals surface area contributed by atoms with Gasteiger partial charge in [-0.3, -0.25) is 4.98 Å². The van der Waals surface area contributed by atoms with Crippen LogP contribution < -0.4 is 0 Å². The van der Waals surface area contributed by atoms with E-state index in [9.17, 15) is 13.5 Å². The van der Waals surface area contributed by atoms with Gasteiger partial charge in [0.25, 0.3) is 10.0 Å². The maximum absolute atomic E-state index is 13.5. The summed E-state index contributed by atoms with van der Waals surface area (Å²) in [5.41, 5.74) is 3.28. The van der Waals surface area contributed by atoms with Crippen molar-refractivity contribution < 1.29 is 13.5 Å². The lowest BCUT2D eigenvalue weighted by Crippen LogP contribution is -2.25. The Kier molecular flexibility index (Phi) is 5.31. The summed E-state index contributed by atoms with van der Waals surface area (Å²) in [6.45, 7) is 2.61. The molecule has 4 aromatic heterocycles. The molecule has 0 aliphatic carbocycles. The van der Waals surface area contributed by atoms with Gasteiger partial charge in [0.2, 0.25) is 0 Å². The number of hydrogen-bond acceptors (Lipinski definition) is 8. The van der Waals surface area contributed by atoms with Crippen molar-refractivity contribution in [2.75, 3.05) is 0 Å². The topological polar surface area (TPSA) is 116 Å². The number of imidazole rings is 1. The van der Waals surface area contributed by atoms with Gasteiger partial charge in [-0.05, 0) is 30.7 Å². The minimum atomic E-state index is -3.90. The minimum Gasteiger partial charge on any atom is -0.377 e. The van der Waals surface area contributed by atoms with Gasteiger partial charge in [-0.15, -0.1) is 11.3 Å². The zero-order chi connectivity index (χ0) is 26.8. The molecule has 0 saturated carbocycles. The first kappa shape index (κ1) is 23.9. The summed E-state index contributed by atoms with van der Waals surface area (Å²) in [6, 6.07) is 14.4. The number of aryl methyl sites for hydroxylation is 2. The van der Waals surface area contributed by atoms with E-state index in [-0.39, 0.29) is 10.5 Å². The summed E-state index contributed by atoms with van der Waals surface area (Å²) in [7, 11) is -3.90. The zero-order valence-corrected chi connectivity index (χ0v) is 22.4. The van der Waals surface area contributed by atoms with Crippen LogP contribution in [0.25, 0.3) is 33.0 Å². The van der Waals surface area contributed by atoms with E-state index in [0.29, 0.717) is 35.6 Å². The summed E-state index contributed by atoms with van der Waals surface area (Å²) in [6.07, 6.45) is 8.69. The van der Waals surface area contributed by atoms with E-state index in [1.807, 2.05) is 47.3 Å². The van der Waals surface area contributed by atoms with Crippen LogP contribution in [0.3, 0.4) is 0 Å². The van der Waals surface area contributed by atoms with Gasteiger partial charge in [0.15, 0.2) is 5.65 Å². The Labute approximate surface area is 228 Å². The lowest BCUT2D eigenvalue weighted by Gasteiger charge is -2.22. The Bertz CT molecular complexity index is 1970. The van der Waals surface area contributed by atoms with Gasteiger partial charge in [0.05, 0.1) is 10.6 Å². The Morgan fingerprint density at radius 3 is 2.69 bits per heavy atom. The first-order chi connectivity index (χ1) is 18.8. The molecular formula is C28H22N6O3S2. The summed E-state index contributed by atoms with van der Waals surface area (Å²) in [5.74, 6) is 0.639. The maximum atomic E-state index is 13.5. The van der Waals surface area contributed by atoms with Crippen LogP contribution in [0.2, 0.25) is 0 Å². The first-order valence-corrected chi connectivity index (χ1v) is 14.6. The number of aliphatic hydroxyl groups is 1. The van der Waals surface area contributed by atoms with Crippen molar-refractivity contribution in [1.29, 1.82) is 0 Å². The molecule has 0 bridgehead atoms. The number of benzene rings is 2. The molecule has 39 heavy (non-hydrogen) atoms. The van der Waals surface area contributed by atoms with Gasteiger partial charge < -0.3 is 9.67 Å². The molecule has 1 aliphatic rings. The van der Waals surface area contributed by atoms with E-state index in [0.717, 1.165) is 21.7 Å². The number of hydrogen-bond donors (Lipinski definition) is 1. The SMILES string of the molecule is Cc1ccc(S(=O)(=O)n2cc(-c3csc(-c4cccc(C5(O)CCn6ccnc65)c4)n3)c3nccnc32)cc1. The third kappa shape index (κ3) is 3.73. The number of thiazole rings is 1. The average molecular weight is 555 g/mol. The van der Waals surface area contributed by atoms with E-state index in [2.05, 4.69) is 15.0 Å². The standard InChI is InChI=1S/C28H22N6O3S2/c1-18-5-7-21(8-6-18)39(36,37)34-16-22(24-25(34)30-11-10-29-24)23-17-38-26(32-23)19-3-2-4-20(15-19)28(35)9-13-33-14-12-31-27(28)33/h2-8,10-12,14-17,35H,9,13H2,1H3. The van der Waals surface area contributed by atoms with Crippen LogP contribution in [-0.2, 0) is 22.2 Å². The van der Waals surface area contributed by atoms with Gasteiger partial charge in [0.1, 0.15) is 21.9 Å². The smallest absolute Gasteiger partial charge is 0.269 e. The number of rotatable bonds is 5. The summed E-state index contributed by atoms with van der Waals surface area (Å²) >= 11 is 1.44. The van der Waals surface area contributed by atoms with Crippen molar-refractivity contribution in [3.63, 3.8) is 0 Å². The van der Waals surface area contributed by atoms with Crippen molar-refractivity contribution in [3.05, 3.63) is 102 Å². The van der Waals surface area contributed by atoms with Crippen molar-refractivity contribution in [1.82, 2.24) is 28.5 Å². The van der Waals surface area contributed by atoms with Crippen molar-refractivity contribution in [3.8, 4) is 21.8 Å². The fraction of sp³-hybridized carbons (Fsp3) is 0.143. The highest BCUT2D eigenvalue weighted by molar-refractivity contribution is 7.90. The van der Waals surface area contributed by atoms with Gasteiger partial charge in [-0.25, -0.2) is 27.3 Å². The fourth-order valence-electron chi connectivity index (χ4n) is 5.08. The molecule has 0 spiro atoms. The van der Waals surface area contributed by atoms with Gasteiger partial charge in [0, 0.05) is 60.5 Å². The fourth-order valence-corrected chi connectivity index (χ4v) is 7.21. The van der Waals surface area contributed by atoms with Gasteiger partial charge in [-0.2, -0.15) is 0 Å². The second-order valence-corrected chi connectivity index (χ2v) is 12.2. The quantitative estimate of drug-likeness (QED) is 0.331. The zero-order valence-electron chi connectivity index (χ0n) is 20.8.